The molecule has 4 N–H and O–H groups in total. The monoisotopic (exact) mass is 114 g/mol. The second-order valence-corrected chi connectivity index (χ2v) is 2.25. The fourth-order valence-electron chi connectivity index (χ4n) is 0.879. The summed E-state index contributed by atoms with van der Waals surface area (Å²) in [5.41, 5.74) is 10.4. The molecule has 1 fully saturated rings. The molecule has 1 saturated carbocycles. The summed E-state index contributed by atoms with van der Waals surface area (Å²) in [6.07, 6.45) is 1.84. The highest BCUT2D eigenvalue weighted by Crippen LogP contribution is 2.24. The van der Waals surface area contributed by atoms with Crippen LogP contribution in [0.5, 0.6) is 0 Å². The molecule has 0 aromatic heterocycles. The molecular formula is C5H10N2O. The van der Waals surface area contributed by atoms with Crippen LogP contribution < -0.4 is 11.5 Å². The lowest BCUT2D eigenvalue weighted by atomic mass is 9.80. The van der Waals surface area contributed by atoms with Crippen LogP contribution in [0.2, 0.25) is 0 Å². The number of rotatable bonds is 1. The summed E-state index contributed by atoms with van der Waals surface area (Å²) in [6.45, 7) is 0. The summed E-state index contributed by atoms with van der Waals surface area (Å²) in [7, 11) is 0. The van der Waals surface area contributed by atoms with Gasteiger partial charge in [-0.05, 0) is 12.8 Å². The zero-order valence-electron chi connectivity index (χ0n) is 4.63. The largest absolute Gasteiger partial charge is 0.369 e. The Morgan fingerprint density at radius 1 is 1.50 bits per heavy atom. The summed E-state index contributed by atoms with van der Waals surface area (Å²) in [6, 6.07) is 0.0486. The smallest absolute Gasteiger partial charge is 0.222 e. The highest BCUT2D eigenvalue weighted by atomic mass is 16.1. The van der Waals surface area contributed by atoms with Crippen molar-refractivity contribution in [1.82, 2.24) is 0 Å². The van der Waals surface area contributed by atoms with Crippen LogP contribution in [-0.2, 0) is 4.79 Å². The summed E-state index contributed by atoms with van der Waals surface area (Å²) < 4.78 is 0. The van der Waals surface area contributed by atoms with Gasteiger partial charge in [0, 0.05) is 6.04 Å². The molecule has 0 heterocycles. The van der Waals surface area contributed by atoms with E-state index in [0.717, 1.165) is 12.8 Å². The maximum Gasteiger partial charge on any atom is 0.222 e. The molecule has 0 aromatic carbocycles. The number of carbonyl (C=O) groups is 1. The zero-order valence-corrected chi connectivity index (χ0v) is 4.63. The first-order valence-corrected chi connectivity index (χ1v) is 2.76. The molecule has 0 spiro atoms. The molecule has 0 aliphatic heterocycles. The molecule has 1 aliphatic rings. The van der Waals surface area contributed by atoms with E-state index in [2.05, 4.69) is 0 Å². The molecule has 0 aromatic rings. The van der Waals surface area contributed by atoms with Crippen molar-refractivity contribution in [2.24, 2.45) is 17.4 Å². The van der Waals surface area contributed by atoms with Gasteiger partial charge < -0.3 is 11.5 Å². The van der Waals surface area contributed by atoms with Crippen LogP contribution in [0.25, 0.3) is 0 Å². The van der Waals surface area contributed by atoms with E-state index in [9.17, 15) is 4.79 Å². The molecule has 1 amide bonds. The summed E-state index contributed by atoms with van der Waals surface area (Å²) in [5, 5.41) is 0. The van der Waals surface area contributed by atoms with Crippen molar-refractivity contribution in [2.45, 2.75) is 18.9 Å². The van der Waals surface area contributed by atoms with Crippen molar-refractivity contribution in [2.75, 3.05) is 0 Å². The molecule has 0 radical (unpaired) electrons. The van der Waals surface area contributed by atoms with Gasteiger partial charge in [0.1, 0.15) is 0 Å². The van der Waals surface area contributed by atoms with E-state index in [-0.39, 0.29) is 17.9 Å². The third kappa shape index (κ3) is 0.690. The molecule has 0 saturated heterocycles. The van der Waals surface area contributed by atoms with Gasteiger partial charge in [0.2, 0.25) is 5.91 Å². The summed E-state index contributed by atoms with van der Waals surface area (Å²) in [4.78, 5) is 10.3. The number of primary amides is 1. The molecule has 1 aliphatic carbocycles. The van der Waals surface area contributed by atoms with Crippen molar-refractivity contribution in [3.63, 3.8) is 0 Å². The fourth-order valence-corrected chi connectivity index (χ4v) is 0.879. The van der Waals surface area contributed by atoms with Gasteiger partial charge in [0.05, 0.1) is 5.92 Å². The standard InChI is InChI=1S/C5H10N2O/c6-4-2-1-3(4)5(7)8/h3-4H,1-2,6H2,(H2,7,8)/t3-,4-/m0/s1. The second kappa shape index (κ2) is 1.74. The van der Waals surface area contributed by atoms with Crippen molar-refractivity contribution in [3.8, 4) is 0 Å². The summed E-state index contributed by atoms with van der Waals surface area (Å²) in [5.74, 6) is -0.279. The Morgan fingerprint density at radius 2 is 2.12 bits per heavy atom. The molecule has 3 heteroatoms. The van der Waals surface area contributed by atoms with Crippen molar-refractivity contribution in [1.29, 1.82) is 0 Å². The quantitative estimate of drug-likeness (QED) is 0.469. The Morgan fingerprint density at radius 3 is 2.12 bits per heavy atom. The number of carbonyl (C=O) groups excluding carboxylic acids is 1. The lowest BCUT2D eigenvalue weighted by Gasteiger charge is -2.30. The van der Waals surface area contributed by atoms with Crippen LogP contribution in [0.3, 0.4) is 0 Å². The normalized spacial score (nSPS) is 36.1. The van der Waals surface area contributed by atoms with E-state index < -0.39 is 0 Å². The van der Waals surface area contributed by atoms with Gasteiger partial charge in [-0.3, -0.25) is 4.79 Å². The maximum absolute atomic E-state index is 10.3. The first kappa shape index (κ1) is 5.56. The fraction of sp³-hybridized carbons (Fsp3) is 0.800. The summed E-state index contributed by atoms with van der Waals surface area (Å²) >= 11 is 0. The highest BCUT2D eigenvalue weighted by Gasteiger charge is 2.31. The Labute approximate surface area is 48.0 Å². The van der Waals surface area contributed by atoms with E-state index in [1.165, 1.54) is 0 Å². The number of amides is 1. The van der Waals surface area contributed by atoms with Gasteiger partial charge >= 0.3 is 0 Å². The number of nitrogens with two attached hydrogens (primary N) is 2. The molecule has 2 atom stereocenters. The first-order valence-electron chi connectivity index (χ1n) is 2.76. The minimum Gasteiger partial charge on any atom is -0.369 e. The molecular weight excluding hydrogens is 104 g/mol. The predicted molar refractivity (Wildman–Crippen MR) is 29.9 cm³/mol. The van der Waals surface area contributed by atoms with Gasteiger partial charge in [0.25, 0.3) is 0 Å². The minimum absolute atomic E-state index is 0.0324. The van der Waals surface area contributed by atoms with Crippen LogP contribution in [0.1, 0.15) is 12.8 Å². The van der Waals surface area contributed by atoms with Crippen LogP contribution in [0.15, 0.2) is 0 Å². The van der Waals surface area contributed by atoms with Gasteiger partial charge in [-0.2, -0.15) is 0 Å². The minimum atomic E-state index is -0.247. The van der Waals surface area contributed by atoms with Gasteiger partial charge in [-0.1, -0.05) is 0 Å². The number of hydrogen-bond acceptors (Lipinski definition) is 2. The number of hydrogen-bond donors (Lipinski definition) is 2. The topological polar surface area (TPSA) is 69.1 Å². The Kier molecular flexibility index (Phi) is 1.21. The van der Waals surface area contributed by atoms with Crippen molar-refractivity contribution in [3.05, 3.63) is 0 Å². The van der Waals surface area contributed by atoms with Gasteiger partial charge in [-0.25, -0.2) is 0 Å². The van der Waals surface area contributed by atoms with Crippen molar-refractivity contribution >= 4 is 5.91 Å². The second-order valence-electron chi connectivity index (χ2n) is 2.25. The van der Waals surface area contributed by atoms with E-state index in [0.29, 0.717) is 0 Å². The van der Waals surface area contributed by atoms with E-state index >= 15 is 0 Å². The molecule has 3 nitrogen and oxygen atoms in total. The van der Waals surface area contributed by atoms with Crippen LogP contribution in [0.4, 0.5) is 0 Å². The molecule has 46 valence electrons. The zero-order chi connectivity index (χ0) is 6.15. The Balaban J connectivity index is 2.37. The van der Waals surface area contributed by atoms with E-state index in [1.807, 2.05) is 0 Å². The first-order chi connectivity index (χ1) is 3.72. The van der Waals surface area contributed by atoms with Crippen LogP contribution >= 0.6 is 0 Å². The predicted octanol–water partition coefficient (Wildman–Crippen LogP) is -0.791. The molecule has 0 unspecified atom stereocenters. The van der Waals surface area contributed by atoms with E-state index in [1.54, 1.807) is 0 Å². The van der Waals surface area contributed by atoms with Crippen LogP contribution in [-0.4, -0.2) is 11.9 Å². The molecule has 0 bridgehead atoms. The lowest BCUT2D eigenvalue weighted by molar-refractivity contribution is -0.124. The average molecular weight is 114 g/mol. The van der Waals surface area contributed by atoms with Gasteiger partial charge in [-0.15, -0.1) is 0 Å². The Bertz CT molecular complexity index is 113. The SMILES string of the molecule is NC(=O)[C@H]1CC[C@@H]1N. The third-order valence-corrected chi connectivity index (χ3v) is 1.69. The average Bonchev–Trinajstić information content (AvgIpc) is 1.61. The van der Waals surface area contributed by atoms with Crippen molar-refractivity contribution < 1.29 is 4.79 Å². The highest BCUT2D eigenvalue weighted by molar-refractivity contribution is 5.78. The maximum atomic E-state index is 10.3. The lowest BCUT2D eigenvalue weighted by Crippen LogP contribution is -2.46. The van der Waals surface area contributed by atoms with Gasteiger partial charge in [0.15, 0.2) is 0 Å². The third-order valence-electron chi connectivity index (χ3n) is 1.69. The molecule has 8 heavy (non-hydrogen) atoms. The molecule has 1 rings (SSSR count). The Hall–Kier alpha value is -0.570. The van der Waals surface area contributed by atoms with Crippen LogP contribution in [0, 0.1) is 5.92 Å². The van der Waals surface area contributed by atoms with E-state index in [4.69, 9.17) is 11.5 Å².